The molecule has 3 N–H and O–H groups in total. The van der Waals surface area contributed by atoms with Crippen LogP contribution in [0.5, 0.6) is 11.5 Å². The molecule has 0 spiro atoms. The van der Waals surface area contributed by atoms with E-state index in [-0.39, 0.29) is 49.0 Å². The number of carbonyl (C=O) groups excluding carboxylic acids is 2. The quantitative estimate of drug-likeness (QED) is 0.262. The summed E-state index contributed by atoms with van der Waals surface area (Å²) in [5, 5.41) is 16.5. The van der Waals surface area contributed by atoms with Crippen LogP contribution in [0.3, 0.4) is 0 Å². The molecule has 1 fully saturated rings. The number of Topliss-reactive ketones (excluding diaryl/α,β-unsaturated/α-hetero) is 1. The zero-order valence-electron chi connectivity index (χ0n) is 19.3. The van der Waals surface area contributed by atoms with E-state index in [1.54, 1.807) is 18.2 Å². The van der Waals surface area contributed by atoms with Gasteiger partial charge in [0.2, 0.25) is 10.0 Å². The molecule has 1 amide bonds. The van der Waals surface area contributed by atoms with Gasteiger partial charge in [-0.3, -0.25) is 19.5 Å². The maximum Gasteiger partial charge on any atom is 0.300 e. The van der Waals surface area contributed by atoms with E-state index in [4.69, 9.17) is 37.8 Å². The summed E-state index contributed by atoms with van der Waals surface area (Å²) in [4.78, 5) is 31.8. The lowest BCUT2D eigenvalue weighted by Gasteiger charge is -2.25. The lowest BCUT2D eigenvalue weighted by molar-refractivity contribution is -0.132. The molecule has 2 aromatic carbocycles. The van der Waals surface area contributed by atoms with E-state index in [9.17, 15) is 23.1 Å². The molecule has 1 aliphatic rings. The highest BCUT2D eigenvalue weighted by Crippen LogP contribution is 2.47. The Morgan fingerprint density at radius 3 is 2.24 bits per heavy atom. The molecule has 3 aromatic rings. The molecule has 2 heterocycles. The molecule has 0 aliphatic carbocycles. The summed E-state index contributed by atoms with van der Waals surface area (Å²) in [5.41, 5.74) is 0.0574. The minimum Gasteiger partial charge on any atom is -0.507 e. The second kappa shape index (κ2) is 10.0. The maximum absolute atomic E-state index is 13.3. The number of sulfonamides is 1. The van der Waals surface area contributed by atoms with Gasteiger partial charge in [-0.2, -0.15) is 0 Å². The van der Waals surface area contributed by atoms with E-state index in [0.717, 1.165) is 4.90 Å². The average molecular weight is 564 g/mol. The molecule has 0 radical (unpaired) electrons. The highest BCUT2D eigenvalue weighted by Gasteiger charge is 2.48. The number of rotatable bonds is 6. The van der Waals surface area contributed by atoms with Crippen LogP contribution in [-0.4, -0.2) is 44.4 Å². The molecule has 13 heteroatoms. The Balaban J connectivity index is 1.98. The van der Waals surface area contributed by atoms with E-state index in [2.05, 4.69) is 4.98 Å². The molecule has 1 aromatic heterocycles. The number of aromatic nitrogens is 1. The summed E-state index contributed by atoms with van der Waals surface area (Å²) < 4.78 is 33.9. The third-order valence-electron chi connectivity index (χ3n) is 5.65. The molecule has 37 heavy (non-hydrogen) atoms. The van der Waals surface area contributed by atoms with Crippen LogP contribution < -0.4 is 19.5 Å². The van der Waals surface area contributed by atoms with E-state index in [1.165, 1.54) is 50.7 Å². The number of ketones is 1. The van der Waals surface area contributed by atoms with Gasteiger partial charge in [-0.1, -0.05) is 29.3 Å². The zero-order chi connectivity index (χ0) is 27.1. The number of pyridine rings is 1. The standard InChI is InChI=1S/C24H19Cl2N3O7S/c1-35-22-14(11-15(25)23(36-2)18(22)26)20(30)17-19(16-5-3-4-10-28-16)29(24(32)21(17)31)12-6-8-13(9-7-12)37(27,33)34/h3-11,19,30H,1-2H3,(H2,27,33,34)/b20-17+. The SMILES string of the molecule is COc1c(Cl)cc(/C(O)=C2\C(=O)C(=O)N(c3ccc(S(N)(=O)=O)cc3)C2c2ccccn2)c(OC)c1Cl. The van der Waals surface area contributed by atoms with Crippen molar-refractivity contribution < 1.29 is 32.6 Å². The number of nitrogens with zero attached hydrogens (tertiary/aromatic N) is 2. The fraction of sp³-hybridized carbons (Fsp3) is 0.125. The Morgan fingerprint density at radius 1 is 1.05 bits per heavy atom. The average Bonchev–Trinajstić information content (AvgIpc) is 3.14. The number of halogens is 2. The first kappa shape index (κ1) is 26.4. The molecular formula is C24H19Cl2N3O7S. The number of carbonyl (C=O) groups is 2. The number of primary sulfonamides is 1. The van der Waals surface area contributed by atoms with Gasteiger partial charge in [-0.15, -0.1) is 0 Å². The molecule has 1 unspecified atom stereocenters. The highest BCUT2D eigenvalue weighted by atomic mass is 35.5. The number of hydrogen-bond acceptors (Lipinski definition) is 8. The van der Waals surface area contributed by atoms with Crippen molar-refractivity contribution in [2.24, 2.45) is 5.14 Å². The van der Waals surface area contributed by atoms with Gasteiger partial charge >= 0.3 is 0 Å². The van der Waals surface area contributed by atoms with Gasteiger partial charge in [0.1, 0.15) is 16.8 Å². The van der Waals surface area contributed by atoms with Crippen molar-refractivity contribution in [2.75, 3.05) is 19.1 Å². The number of methoxy groups -OCH3 is 2. The van der Waals surface area contributed by atoms with Crippen LogP contribution in [0.25, 0.3) is 5.76 Å². The number of anilines is 1. The molecule has 0 saturated carbocycles. The van der Waals surface area contributed by atoms with Crippen molar-refractivity contribution in [3.05, 3.63) is 81.6 Å². The van der Waals surface area contributed by atoms with Crippen molar-refractivity contribution >= 4 is 56.4 Å². The molecule has 1 atom stereocenters. The summed E-state index contributed by atoms with van der Waals surface area (Å²) in [6, 6.07) is 10.0. The topological polar surface area (TPSA) is 149 Å². The second-order valence-electron chi connectivity index (χ2n) is 7.75. The molecule has 1 saturated heterocycles. The van der Waals surface area contributed by atoms with Crippen LogP contribution in [0, 0.1) is 0 Å². The number of benzene rings is 2. The Hall–Kier alpha value is -3.64. The molecule has 4 rings (SSSR count). The summed E-state index contributed by atoms with van der Waals surface area (Å²) in [6.45, 7) is 0. The Bertz CT molecular complexity index is 1540. The third-order valence-corrected chi connectivity index (χ3v) is 7.20. The van der Waals surface area contributed by atoms with Crippen molar-refractivity contribution in [3.63, 3.8) is 0 Å². The molecular weight excluding hydrogens is 545 g/mol. The van der Waals surface area contributed by atoms with Crippen molar-refractivity contribution in [2.45, 2.75) is 10.9 Å². The number of aliphatic hydroxyl groups is 1. The van der Waals surface area contributed by atoms with Crippen LogP contribution in [0.4, 0.5) is 5.69 Å². The van der Waals surface area contributed by atoms with Gasteiger partial charge in [0, 0.05) is 11.9 Å². The minimum atomic E-state index is -4.00. The summed E-state index contributed by atoms with van der Waals surface area (Å²) >= 11 is 12.6. The normalized spacial score (nSPS) is 17.2. The fourth-order valence-electron chi connectivity index (χ4n) is 4.00. The van der Waals surface area contributed by atoms with Gasteiger partial charge in [0.05, 0.1) is 41.0 Å². The first-order valence-corrected chi connectivity index (χ1v) is 12.8. The van der Waals surface area contributed by atoms with E-state index in [1.807, 2.05) is 0 Å². The molecule has 0 bridgehead atoms. The maximum atomic E-state index is 13.3. The van der Waals surface area contributed by atoms with Crippen LogP contribution in [-0.2, 0) is 19.6 Å². The Morgan fingerprint density at radius 2 is 1.70 bits per heavy atom. The fourth-order valence-corrected chi connectivity index (χ4v) is 5.21. The smallest absolute Gasteiger partial charge is 0.300 e. The minimum absolute atomic E-state index is 0.0250. The van der Waals surface area contributed by atoms with Gasteiger partial charge < -0.3 is 14.6 Å². The predicted octanol–water partition coefficient (Wildman–Crippen LogP) is 3.68. The molecule has 192 valence electrons. The van der Waals surface area contributed by atoms with E-state index >= 15 is 0 Å². The van der Waals surface area contributed by atoms with E-state index < -0.39 is 33.5 Å². The van der Waals surface area contributed by atoms with Gasteiger partial charge in [0.15, 0.2) is 11.5 Å². The van der Waals surface area contributed by atoms with Gasteiger partial charge in [-0.25, -0.2) is 13.6 Å². The first-order chi connectivity index (χ1) is 17.5. The summed E-state index contributed by atoms with van der Waals surface area (Å²) in [7, 11) is -1.35. The van der Waals surface area contributed by atoms with Crippen molar-refractivity contribution in [1.29, 1.82) is 0 Å². The number of hydrogen-bond donors (Lipinski definition) is 2. The predicted molar refractivity (Wildman–Crippen MR) is 136 cm³/mol. The second-order valence-corrected chi connectivity index (χ2v) is 10.1. The third kappa shape index (κ3) is 4.62. The lowest BCUT2D eigenvalue weighted by Crippen LogP contribution is -2.29. The number of aliphatic hydroxyl groups excluding tert-OH is 1. The van der Waals surface area contributed by atoms with Gasteiger partial charge in [0.25, 0.3) is 11.7 Å². The van der Waals surface area contributed by atoms with Crippen molar-refractivity contribution in [1.82, 2.24) is 4.98 Å². The van der Waals surface area contributed by atoms with Crippen LogP contribution in [0.2, 0.25) is 10.0 Å². The van der Waals surface area contributed by atoms with Crippen LogP contribution >= 0.6 is 23.2 Å². The van der Waals surface area contributed by atoms with Gasteiger partial charge in [-0.05, 0) is 42.5 Å². The summed E-state index contributed by atoms with van der Waals surface area (Å²) in [5.74, 6) is -2.56. The first-order valence-electron chi connectivity index (χ1n) is 10.5. The van der Waals surface area contributed by atoms with E-state index in [0.29, 0.717) is 0 Å². The largest absolute Gasteiger partial charge is 0.507 e. The number of nitrogens with two attached hydrogens (primary N) is 1. The van der Waals surface area contributed by atoms with Crippen LogP contribution in [0.15, 0.2) is 65.2 Å². The van der Waals surface area contributed by atoms with Crippen LogP contribution in [0.1, 0.15) is 17.3 Å². The zero-order valence-corrected chi connectivity index (χ0v) is 21.6. The Kier molecular flexibility index (Phi) is 7.16. The number of ether oxygens (including phenoxy) is 2. The number of amides is 1. The molecule has 10 nitrogen and oxygen atoms in total. The van der Waals surface area contributed by atoms with Crippen molar-refractivity contribution in [3.8, 4) is 11.5 Å². The molecule has 1 aliphatic heterocycles. The highest BCUT2D eigenvalue weighted by molar-refractivity contribution is 7.89. The monoisotopic (exact) mass is 563 g/mol. The Labute approximate surface area is 221 Å². The lowest BCUT2D eigenvalue weighted by atomic mass is 9.97. The summed E-state index contributed by atoms with van der Waals surface area (Å²) in [6.07, 6.45) is 1.46.